The second kappa shape index (κ2) is 5.31. The first kappa shape index (κ1) is 12.8. The SMILES string of the molecule is CNc1nc(C)cc(Nc2ccc(F)c(C#N)c2)n1. The quantitative estimate of drug-likeness (QED) is 0.884. The van der Waals surface area contributed by atoms with Crippen LogP contribution in [0.1, 0.15) is 11.3 Å². The summed E-state index contributed by atoms with van der Waals surface area (Å²) in [6, 6.07) is 7.78. The van der Waals surface area contributed by atoms with Crippen molar-refractivity contribution in [3.05, 3.63) is 41.3 Å². The lowest BCUT2D eigenvalue weighted by atomic mass is 10.2. The Labute approximate surface area is 110 Å². The summed E-state index contributed by atoms with van der Waals surface area (Å²) in [5, 5.41) is 14.6. The minimum Gasteiger partial charge on any atom is -0.357 e. The van der Waals surface area contributed by atoms with Crippen molar-refractivity contribution >= 4 is 17.5 Å². The van der Waals surface area contributed by atoms with E-state index in [1.54, 1.807) is 25.2 Å². The molecule has 1 aromatic carbocycles. The van der Waals surface area contributed by atoms with Crippen LogP contribution in [0.15, 0.2) is 24.3 Å². The van der Waals surface area contributed by atoms with Crippen molar-refractivity contribution in [2.75, 3.05) is 17.7 Å². The first-order valence-electron chi connectivity index (χ1n) is 5.62. The number of anilines is 3. The van der Waals surface area contributed by atoms with Gasteiger partial charge in [0.15, 0.2) is 0 Å². The number of hydrogen-bond donors (Lipinski definition) is 2. The summed E-state index contributed by atoms with van der Waals surface area (Å²) in [4.78, 5) is 8.38. The smallest absolute Gasteiger partial charge is 0.224 e. The molecule has 0 aliphatic heterocycles. The van der Waals surface area contributed by atoms with Gasteiger partial charge in [0, 0.05) is 24.5 Å². The summed E-state index contributed by atoms with van der Waals surface area (Å²) in [6.45, 7) is 1.85. The van der Waals surface area contributed by atoms with E-state index in [1.165, 1.54) is 12.1 Å². The minimum absolute atomic E-state index is 0.00961. The van der Waals surface area contributed by atoms with Crippen LogP contribution in [0.3, 0.4) is 0 Å². The van der Waals surface area contributed by atoms with Gasteiger partial charge in [-0.05, 0) is 25.1 Å². The minimum atomic E-state index is -0.539. The maximum Gasteiger partial charge on any atom is 0.224 e. The van der Waals surface area contributed by atoms with Crippen LogP contribution in [-0.4, -0.2) is 17.0 Å². The van der Waals surface area contributed by atoms with Crippen LogP contribution in [0, 0.1) is 24.1 Å². The summed E-state index contributed by atoms with van der Waals surface area (Å²) >= 11 is 0. The number of nitrogens with zero attached hydrogens (tertiary/aromatic N) is 3. The van der Waals surface area contributed by atoms with Gasteiger partial charge >= 0.3 is 0 Å². The number of halogens is 1. The Balaban J connectivity index is 2.31. The molecule has 1 heterocycles. The maximum absolute atomic E-state index is 13.2. The maximum atomic E-state index is 13.2. The van der Waals surface area contributed by atoms with Crippen LogP contribution >= 0.6 is 0 Å². The molecular formula is C13H12FN5. The van der Waals surface area contributed by atoms with Crippen molar-refractivity contribution < 1.29 is 4.39 Å². The normalized spacial score (nSPS) is 9.79. The number of aromatic nitrogens is 2. The number of rotatable bonds is 3. The molecule has 0 fully saturated rings. The molecule has 0 unspecified atom stereocenters. The first-order valence-corrected chi connectivity index (χ1v) is 5.62. The molecule has 2 rings (SSSR count). The van der Waals surface area contributed by atoms with Gasteiger partial charge in [-0.15, -0.1) is 0 Å². The van der Waals surface area contributed by atoms with E-state index in [1.807, 2.05) is 6.92 Å². The van der Waals surface area contributed by atoms with Crippen LogP contribution in [0.25, 0.3) is 0 Å². The van der Waals surface area contributed by atoms with Crippen molar-refractivity contribution in [3.8, 4) is 6.07 Å². The second-order valence-corrected chi connectivity index (χ2v) is 3.90. The van der Waals surface area contributed by atoms with Crippen LogP contribution < -0.4 is 10.6 Å². The fourth-order valence-electron chi connectivity index (χ4n) is 1.58. The largest absolute Gasteiger partial charge is 0.357 e. The zero-order valence-electron chi connectivity index (χ0n) is 10.5. The lowest BCUT2D eigenvalue weighted by Crippen LogP contribution is -2.02. The molecular weight excluding hydrogens is 245 g/mol. The van der Waals surface area contributed by atoms with Crippen LogP contribution in [0.2, 0.25) is 0 Å². The molecule has 6 heteroatoms. The van der Waals surface area contributed by atoms with Crippen LogP contribution in [0.4, 0.5) is 21.8 Å². The van der Waals surface area contributed by atoms with Crippen LogP contribution in [0.5, 0.6) is 0 Å². The third kappa shape index (κ3) is 2.96. The number of nitrogens with one attached hydrogen (secondary N) is 2. The van der Waals surface area contributed by atoms with E-state index >= 15 is 0 Å². The molecule has 0 aliphatic carbocycles. The lowest BCUT2D eigenvalue weighted by molar-refractivity contribution is 0.624. The summed E-state index contributed by atoms with van der Waals surface area (Å²) in [5.74, 6) is 0.528. The van der Waals surface area contributed by atoms with E-state index in [-0.39, 0.29) is 5.56 Å². The molecule has 2 aromatic rings. The molecule has 0 saturated heterocycles. The molecule has 0 amide bonds. The van der Waals surface area contributed by atoms with Crippen molar-refractivity contribution in [2.24, 2.45) is 0 Å². The van der Waals surface area contributed by atoms with Gasteiger partial charge in [0.1, 0.15) is 17.7 Å². The van der Waals surface area contributed by atoms with Gasteiger partial charge in [-0.2, -0.15) is 10.2 Å². The van der Waals surface area contributed by atoms with Gasteiger partial charge in [0.2, 0.25) is 5.95 Å². The Hall–Kier alpha value is -2.68. The average molecular weight is 257 g/mol. The van der Waals surface area contributed by atoms with Crippen molar-refractivity contribution in [1.29, 1.82) is 5.26 Å². The van der Waals surface area contributed by atoms with Crippen LogP contribution in [-0.2, 0) is 0 Å². The molecule has 96 valence electrons. The van der Waals surface area contributed by atoms with E-state index in [0.29, 0.717) is 17.5 Å². The molecule has 2 N–H and O–H groups in total. The predicted octanol–water partition coefficient (Wildman–Crippen LogP) is 2.58. The van der Waals surface area contributed by atoms with Gasteiger partial charge in [0.05, 0.1) is 5.56 Å². The third-order valence-corrected chi connectivity index (χ3v) is 2.44. The highest BCUT2D eigenvalue weighted by Crippen LogP contribution is 2.19. The summed E-state index contributed by atoms with van der Waals surface area (Å²) in [7, 11) is 1.73. The number of benzene rings is 1. The van der Waals surface area contributed by atoms with Gasteiger partial charge in [-0.1, -0.05) is 0 Å². The second-order valence-electron chi connectivity index (χ2n) is 3.90. The first-order chi connectivity index (χ1) is 9.12. The van der Waals surface area contributed by atoms with Gasteiger partial charge in [0.25, 0.3) is 0 Å². The predicted molar refractivity (Wildman–Crippen MR) is 70.7 cm³/mol. The van der Waals surface area contributed by atoms with Gasteiger partial charge in [-0.25, -0.2) is 9.37 Å². The third-order valence-electron chi connectivity index (χ3n) is 2.44. The molecule has 0 spiro atoms. The monoisotopic (exact) mass is 257 g/mol. The molecule has 0 atom stereocenters. The van der Waals surface area contributed by atoms with E-state index in [2.05, 4.69) is 20.6 Å². The Morgan fingerprint density at radius 2 is 2.05 bits per heavy atom. The van der Waals surface area contributed by atoms with Gasteiger partial charge < -0.3 is 10.6 Å². The fourth-order valence-corrected chi connectivity index (χ4v) is 1.58. The molecule has 0 aliphatic rings. The summed E-state index contributed by atoms with van der Waals surface area (Å²) in [5.41, 5.74) is 1.38. The number of aryl methyl sites for hydroxylation is 1. The molecule has 1 aromatic heterocycles. The molecule has 19 heavy (non-hydrogen) atoms. The highest BCUT2D eigenvalue weighted by Gasteiger charge is 2.05. The number of hydrogen-bond acceptors (Lipinski definition) is 5. The molecule has 0 bridgehead atoms. The van der Waals surface area contributed by atoms with Crippen molar-refractivity contribution in [3.63, 3.8) is 0 Å². The van der Waals surface area contributed by atoms with E-state index in [0.717, 1.165) is 5.69 Å². The van der Waals surface area contributed by atoms with Crippen molar-refractivity contribution in [2.45, 2.75) is 6.92 Å². The topological polar surface area (TPSA) is 73.6 Å². The zero-order valence-corrected chi connectivity index (χ0v) is 10.5. The Morgan fingerprint density at radius 3 is 2.74 bits per heavy atom. The lowest BCUT2D eigenvalue weighted by Gasteiger charge is -2.08. The summed E-state index contributed by atoms with van der Waals surface area (Å²) in [6.07, 6.45) is 0. The van der Waals surface area contributed by atoms with E-state index in [9.17, 15) is 4.39 Å². The Bertz CT molecular complexity index is 648. The highest BCUT2D eigenvalue weighted by atomic mass is 19.1. The standard InChI is InChI=1S/C13H12FN5/c1-8-5-12(19-13(16-2)17-8)18-10-3-4-11(14)9(6-10)7-15/h3-6H,1-2H3,(H2,16,17,18,19). The van der Waals surface area contributed by atoms with E-state index < -0.39 is 5.82 Å². The molecule has 5 nitrogen and oxygen atoms in total. The Morgan fingerprint density at radius 1 is 1.26 bits per heavy atom. The van der Waals surface area contributed by atoms with Gasteiger partial charge in [-0.3, -0.25) is 0 Å². The van der Waals surface area contributed by atoms with Crippen molar-refractivity contribution in [1.82, 2.24) is 9.97 Å². The average Bonchev–Trinajstić information content (AvgIpc) is 2.40. The number of nitriles is 1. The van der Waals surface area contributed by atoms with E-state index in [4.69, 9.17) is 5.26 Å². The highest BCUT2D eigenvalue weighted by molar-refractivity contribution is 5.59. The zero-order chi connectivity index (χ0) is 13.8. The summed E-state index contributed by atoms with van der Waals surface area (Å²) < 4.78 is 13.2. The molecule has 0 saturated carbocycles. The fraction of sp³-hybridized carbons (Fsp3) is 0.154. The molecule has 0 radical (unpaired) electrons. The Kier molecular flexibility index (Phi) is 3.57.